The van der Waals surface area contributed by atoms with Gasteiger partial charge in [-0.3, -0.25) is 0 Å². The monoisotopic (exact) mass is 501 g/mol. The molecule has 0 radical (unpaired) electrons. The van der Waals surface area contributed by atoms with Crippen LogP contribution in [0.1, 0.15) is 56.9 Å². The summed E-state index contributed by atoms with van der Waals surface area (Å²) in [6.07, 6.45) is 4.18. The van der Waals surface area contributed by atoms with Crippen molar-refractivity contribution in [3.05, 3.63) is 89.1 Å². The molecule has 3 aromatic carbocycles. The van der Waals surface area contributed by atoms with Gasteiger partial charge in [-0.2, -0.15) is 5.26 Å². The van der Waals surface area contributed by atoms with E-state index in [0.29, 0.717) is 11.5 Å². The zero-order valence-electron chi connectivity index (χ0n) is 23.6. The smallest absolute Gasteiger partial charge is 0.216 e. The van der Waals surface area contributed by atoms with Crippen LogP contribution in [0.4, 0.5) is 0 Å². The number of nitrogens with zero attached hydrogens (tertiary/aromatic N) is 2. The fourth-order valence-electron chi connectivity index (χ4n) is 5.56. The Bertz CT molecular complexity index is 1690. The number of fused-ring (bicyclic) bond motifs is 3. The number of nitriles is 1. The number of aryl methyl sites for hydroxylation is 2. The molecule has 0 aliphatic carbocycles. The van der Waals surface area contributed by atoms with Gasteiger partial charge in [0, 0.05) is 28.5 Å². The minimum atomic E-state index is 0.217. The molecule has 3 nitrogen and oxygen atoms in total. The Balaban J connectivity index is 1.74. The Morgan fingerprint density at radius 1 is 0.868 bits per heavy atom. The van der Waals surface area contributed by atoms with Crippen molar-refractivity contribution in [2.75, 3.05) is 0 Å². The molecule has 0 bridgehead atoms. The molecular formula is C35H37N2O+. The minimum Gasteiger partial charge on any atom is -0.454 e. The topological polar surface area (TPSA) is 40.8 Å². The number of hydrogen-bond donors (Lipinski definition) is 0. The summed E-state index contributed by atoms with van der Waals surface area (Å²) in [5.74, 6) is 0.584. The van der Waals surface area contributed by atoms with Crippen LogP contribution in [0.15, 0.2) is 71.3 Å². The van der Waals surface area contributed by atoms with Crippen LogP contribution in [0.5, 0.6) is 0 Å². The van der Waals surface area contributed by atoms with Crippen LogP contribution in [-0.2, 0) is 19.9 Å². The predicted molar refractivity (Wildman–Crippen MR) is 157 cm³/mol. The molecule has 0 unspecified atom stereocenters. The fraction of sp³-hybridized carbons (Fsp3) is 0.314. The van der Waals surface area contributed by atoms with E-state index >= 15 is 0 Å². The highest BCUT2D eigenvalue weighted by Gasteiger charge is 2.24. The molecule has 0 saturated heterocycles. The predicted octanol–water partition coefficient (Wildman–Crippen LogP) is 8.71. The van der Waals surface area contributed by atoms with E-state index in [2.05, 4.69) is 114 Å². The van der Waals surface area contributed by atoms with E-state index in [1.165, 1.54) is 16.7 Å². The highest BCUT2D eigenvalue weighted by molar-refractivity contribution is 6.14. The van der Waals surface area contributed by atoms with Gasteiger partial charge >= 0.3 is 0 Å². The zero-order chi connectivity index (χ0) is 27.2. The third kappa shape index (κ3) is 4.84. The lowest BCUT2D eigenvalue weighted by Crippen LogP contribution is -2.31. The summed E-state index contributed by atoms with van der Waals surface area (Å²) < 4.78 is 8.94. The fourth-order valence-corrected chi connectivity index (χ4v) is 5.56. The Morgan fingerprint density at radius 3 is 2.16 bits per heavy atom. The van der Waals surface area contributed by atoms with Crippen LogP contribution < -0.4 is 4.57 Å². The standard InChI is InChI=1S/C35H37N2O/c1-22(2)18-25-16-17-37(7)30(19-25)31-23(3)8-14-28-29-15-13-27(21-36)32(34(29)38-33(28)31)26-11-9-24(10-12-26)20-35(4,5)6/h8-17,19,22H,18,20H2,1-7H3/q+1. The van der Waals surface area contributed by atoms with Crippen LogP contribution in [0.25, 0.3) is 44.3 Å². The van der Waals surface area contributed by atoms with E-state index in [0.717, 1.165) is 57.2 Å². The van der Waals surface area contributed by atoms with Crippen molar-refractivity contribution in [2.24, 2.45) is 18.4 Å². The molecule has 0 N–H and O–H groups in total. The molecule has 0 fully saturated rings. The van der Waals surface area contributed by atoms with Crippen molar-refractivity contribution < 1.29 is 8.98 Å². The van der Waals surface area contributed by atoms with Gasteiger partial charge in [0.1, 0.15) is 18.2 Å². The number of pyridine rings is 1. The number of rotatable bonds is 5. The van der Waals surface area contributed by atoms with E-state index in [-0.39, 0.29) is 5.41 Å². The molecule has 2 heterocycles. The van der Waals surface area contributed by atoms with Gasteiger partial charge in [0.25, 0.3) is 0 Å². The molecule has 5 rings (SSSR count). The molecule has 0 aliphatic rings. The van der Waals surface area contributed by atoms with Crippen LogP contribution in [0.3, 0.4) is 0 Å². The first-order valence-corrected chi connectivity index (χ1v) is 13.5. The third-order valence-corrected chi connectivity index (χ3v) is 7.23. The van der Waals surface area contributed by atoms with Crippen molar-refractivity contribution in [2.45, 2.75) is 54.4 Å². The molecule has 0 amide bonds. The number of hydrogen-bond acceptors (Lipinski definition) is 2. The van der Waals surface area contributed by atoms with Gasteiger partial charge in [-0.05, 0) is 65.5 Å². The maximum absolute atomic E-state index is 10.0. The summed E-state index contributed by atoms with van der Waals surface area (Å²) >= 11 is 0. The first kappa shape index (κ1) is 25.7. The van der Waals surface area contributed by atoms with Crippen molar-refractivity contribution in [1.29, 1.82) is 5.26 Å². The normalized spacial score (nSPS) is 12.0. The molecule has 192 valence electrons. The molecular weight excluding hydrogens is 464 g/mol. The molecule has 2 aromatic heterocycles. The average Bonchev–Trinajstić information content (AvgIpc) is 3.22. The Hall–Kier alpha value is -3.90. The summed E-state index contributed by atoms with van der Waals surface area (Å²) in [4.78, 5) is 0. The average molecular weight is 502 g/mol. The van der Waals surface area contributed by atoms with Crippen LogP contribution >= 0.6 is 0 Å². The Kier molecular flexibility index (Phi) is 6.61. The summed E-state index contributed by atoms with van der Waals surface area (Å²) in [5, 5.41) is 12.2. The van der Waals surface area contributed by atoms with Crippen LogP contribution in [0, 0.1) is 29.6 Å². The van der Waals surface area contributed by atoms with E-state index < -0.39 is 0 Å². The van der Waals surface area contributed by atoms with E-state index in [9.17, 15) is 5.26 Å². The highest BCUT2D eigenvalue weighted by atomic mass is 16.3. The second-order valence-electron chi connectivity index (χ2n) is 12.3. The van der Waals surface area contributed by atoms with Crippen molar-refractivity contribution in [3.63, 3.8) is 0 Å². The molecule has 0 spiro atoms. The SMILES string of the molecule is Cc1ccc2c(oc3c(-c4ccc(CC(C)(C)C)cc4)c(C#N)ccc32)c1-c1cc(CC(C)C)cc[n+]1C. The first-order valence-electron chi connectivity index (χ1n) is 13.5. The summed E-state index contributed by atoms with van der Waals surface area (Å²) in [6.45, 7) is 13.4. The first-order chi connectivity index (χ1) is 18.1. The molecule has 0 saturated carbocycles. The lowest BCUT2D eigenvalue weighted by molar-refractivity contribution is -0.660. The van der Waals surface area contributed by atoms with Gasteiger partial charge in [0.15, 0.2) is 6.20 Å². The molecule has 0 atom stereocenters. The second-order valence-corrected chi connectivity index (χ2v) is 12.3. The zero-order valence-corrected chi connectivity index (χ0v) is 23.6. The van der Waals surface area contributed by atoms with Crippen molar-refractivity contribution in [1.82, 2.24) is 0 Å². The Morgan fingerprint density at radius 2 is 1.53 bits per heavy atom. The van der Waals surface area contributed by atoms with Crippen LogP contribution in [-0.4, -0.2) is 0 Å². The quantitative estimate of drug-likeness (QED) is 0.226. The number of benzene rings is 3. The maximum Gasteiger partial charge on any atom is 0.216 e. The van der Waals surface area contributed by atoms with Gasteiger partial charge in [0.2, 0.25) is 5.69 Å². The van der Waals surface area contributed by atoms with E-state index in [4.69, 9.17) is 4.42 Å². The van der Waals surface area contributed by atoms with E-state index in [1.807, 2.05) is 12.1 Å². The molecule has 0 aliphatic heterocycles. The van der Waals surface area contributed by atoms with Crippen molar-refractivity contribution in [3.8, 4) is 28.5 Å². The molecule has 3 heteroatoms. The summed E-state index contributed by atoms with van der Waals surface area (Å²) in [6, 6.07) is 23.8. The van der Waals surface area contributed by atoms with Gasteiger partial charge in [-0.1, -0.05) is 71.0 Å². The summed E-state index contributed by atoms with van der Waals surface area (Å²) in [7, 11) is 2.09. The van der Waals surface area contributed by atoms with Gasteiger partial charge in [-0.15, -0.1) is 0 Å². The van der Waals surface area contributed by atoms with Crippen molar-refractivity contribution >= 4 is 21.9 Å². The lowest BCUT2D eigenvalue weighted by Gasteiger charge is -2.18. The van der Waals surface area contributed by atoms with E-state index in [1.54, 1.807) is 0 Å². The van der Waals surface area contributed by atoms with Gasteiger partial charge in [0.05, 0.1) is 17.2 Å². The summed E-state index contributed by atoms with van der Waals surface area (Å²) in [5.41, 5.74) is 10.4. The highest BCUT2D eigenvalue weighted by Crippen LogP contribution is 2.42. The minimum absolute atomic E-state index is 0.217. The van der Waals surface area contributed by atoms with Gasteiger partial charge in [-0.25, -0.2) is 4.57 Å². The second kappa shape index (κ2) is 9.76. The van der Waals surface area contributed by atoms with Gasteiger partial charge < -0.3 is 4.42 Å². The Labute approximate surface area is 226 Å². The lowest BCUT2D eigenvalue weighted by atomic mass is 9.87. The molecule has 38 heavy (non-hydrogen) atoms. The third-order valence-electron chi connectivity index (χ3n) is 7.23. The number of aromatic nitrogens is 1. The maximum atomic E-state index is 10.0. The number of furan rings is 1. The molecule has 5 aromatic rings. The largest absolute Gasteiger partial charge is 0.454 e. The van der Waals surface area contributed by atoms with Crippen LogP contribution in [0.2, 0.25) is 0 Å².